The standard InChI is InChI=1S/C10H8Br.C9H13.2CH3.2ClH.Si.Zr/c1-7-5-8-3-2-4-10(11)9(8)6-7;1-6-5-7(2)9(4)8(6)3;;;;;;/h2-6H,1H3;6H,1-4H3;2*1H3;2*1H;;/q4*-1;;;;. The fourth-order valence-electron chi connectivity index (χ4n) is 2.51. The van der Waals surface area contributed by atoms with E-state index in [-0.39, 0.29) is 39.7 Å². The van der Waals surface area contributed by atoms with Crippen molar-refractivity contribution in [1.29, 1.82) is 0 Å². The molecule has 0 saturated heterocycles. The number of hydrogen-bond donors (Lipinski definition) is 0. The third kappa shape index (κ3) is 9.11. The van der Waals surface area contributed by atoms with Gasteiger partial charge in [0.15, 0.2) is 0 Å². The number of hydrogen-bond acceptors (Lipinski definition) is 0. The van der Waals surface area contributed by atoms with Crippen LogP contribution in [0.2, 0.25) is 0 Å². The molecule has 0 nitrogen and oxygen atoms in total. The van der Waals surface area contributed by atoms with Crippen molar-refractivity contribution in [3.63, 3.8) is 0 Å². The van der Waals surface area contributed by atoms with Crippen LogP contribution in [0.4, 0.5) is 0 Å². The molecule has 0 bridgehead atoms. The molecular weight excluding hydrogens is 522 g/mol. The first-order valence-electron chi connectivity index (χ1n) is 7.24. The van der Waals surface area contributed by atoms with Gasteiger partial charge < -0.3 is 14.9 Å². The molecule has 1 aliphatic rings. The minimum atomic E-state index is 0. The number of benzene rings is 1. The van der Waals surface area contributed by atoms with Crippen molar-refractivity contribution in [2.24, 2.45) is 5.92 Å². The van der Waals surface area contributed by atoms with Crippen molar-refractivity contribution >= 4 is 58.4 Å². The second-order valence-corrected chi connectivity index (χ2v) is 6.43. The van der Waals surface area contributed by atoms with Crippen LogP contribution < -0.4 is 0 Å². The molecule has 26 heavy (non-hydrogen) atoms. The van der Waals surface area contributed by atoms with Crippen LogP contribution >= 0.6 is 40.7 Å². The Labute approximate surface area is 198 Å². The van der Waals surface area contributed by atoms with Crippen LogP contribution in [0.3, 0.4) is 0 Å². The Morgan fingerprint density at radius 1 is 1.08 bits per heavy atom. The summed E-state index contributed by atoms with van der Waals surface area (Å²) in [4.78, 5) is 0. The summed E-state index contributed by atoms with van der Waals surface area (Å²) < 4.78 is 1.18. The van der Waals surface area contributed by atoms with E-state index in [0.717, 1.165) is 0 Å². The van der Waals surface area contributed by atoms with Crippen LogP contribution in [-0.4, -0.2) is 6.88 Å². The average molecular weight is 552 g/mol. The Morgan fingerprint density at radius 3 is 1.96 bits per heavy atom. The Hall–Kier alpha value is 0.470. The van der Waals surface area contributed by atoms with Gasteiger partial charge in [-0.3, -0.25) is 6.08 Å². The van der Waals surface area contributed by atoms with Crippen LogP contribution in [0, 0.1) is 33.8 Å². The van der Waals surface area contributed by atoms with Gasteiger partial charge in [-0.25, -0.2) is 5.57 Å². The molecule has 5 heteroatoms. The first-order chi connectivity index (χ1) is 10.4. The number of aryl methyl sites for hydroxylation is 1. The van der Waals surface area contributed by atoms with E-state index in [0.29, 0.717) is 5.92 Å². The van der Waals surface area contributed by atoms with Crippen LogP contribution in [0.5, 0.6) is 0 Å². The average Bonchev–Trinajstić information content (AvgIpc) is 2.99. The van der Waals surface area contributed by atoms with E-state index in [1.165, 1.54) is 60.9 Å². The van der Waals surface area contributed by atoms with Crippen molar-refractivity contribution in [3.05, 3.63) is 78.0 Å². The van der Waals surface area contributed by atoms with Crippen molar-refractivity contribution < 1.29 is 23.3 Å². The minimum absolute atomic E-state index is 0. The van der Waals surface area contributed by atoms with Crippen LogP contribution in [0.1, 0.15) is 33.3 Å². The molecule has 0 fully saturated rings. The fourth-order valence-corrected chi connectivity index (χ4v) is 3.00. The number of rotatable bonds is 0. The molecule has 1 aliphatic carbocycles. The molecule has 0 aliphatic heterocycles. The van der Waals surface area contributed by atoms with Crippen LogP contribution in [-0.2, 0) is 23.3 Å². The molecule has 0 spiro atoms. The second kappa shape index (κ2) is 16.4. The van der Waals surface area contributed by atoms with E-state index in [1.54, 1.807) is 0 Å². The normalized spacial score (nSPS) is 14.0. The van der Waals surface area contributed by atoms with Gasteiger partial charge >= 0.3 is 30.2 Å². The van der Waals surface area contributed by atoms with Gasteiger partial charge in [-0.2, -0.15) is 17.2 Å². The zero-order valence-corrected chi connectivity index (χ0v) is 23.3. The van der Waals surface area contributed by atoms with Crippen molar-refractivity contribution in [3.8, 4) is 0 Å². The summed E-state index contributed by atoms with van der Waals surface area (Å²) in [7, 11) is 0. The monoisotopic (exact) mass is 548 g/mol. The molecule has 2 aromatic carbocycles. The van der Waals surface area contributed by atoms with Gasteiger partial charge in [0, 0.05) is 0 Å². The SMILES string of the molecule is CC1=[C-]C(C)C(C)=C1C.Cc1cc2c(Br)cccc2[cH-]1.Cl.Cl.[CH3-].[CH3-].[Si]=[Zr]. The molecule has 0 saturated carbocycles. The van der Waals surface area contributed by atoms with E-state index in [9.17, 15) is 0 Å². The van der Waals surface area contributed by atoms with Gasteiger partial charge in [-0.15, -0.1) is 66.3 Å². The van der Waals surface area contributed by atoms with Gasteiger partial charge in [0.1, 0.15) is 0 Å². The van der Waals surface area contributed by atoms with Gasteiger partial charge in [0.05, 0.1) is 0 Å². The summed E-state index contributed by atoms with van der Waals surface area (Å²) in [5.74, 6) is 0.560. The van der Waals surface area contributed by atoms with E-state index >= 15 is 0 Å². The summed E-state index contributed by atoms with van der Waals surface area (Å²) in [6.07, 6.45) is 3.36. The van der Waals surface area contributed by atoms with Gasteiger partial charge in [0.25, 0.3) is 0 Å². The van der Waals surface area contributed by atoms with Crippen molar-refractivity contribution in [1.82, 2.24) is 0 Å². The first kappa shape index (κ1) is 34.0. The van der Waals surface area contributed by atoms with Gasteiger partial charge in [-0.05, 0) is 4.47 Å². The topological polar surface area (TPSA) is 0 Å². The number of halogens is 3. The molecule has 0 heterocycles. The fraction of sp³-hybridized carbons (Fsp3) is 0.286. The van der Waals surface area contributed by atoms with Crippen molar-refractivity contribution in [2.45, 2.75) is 34.6 Å². The summed E-state index contributed by atoms with van der Waals surface area (Å²) in [6.45, 7) is 13.8. The molecule has 3 rings (SSSR count). The van der Waals surface area contributed by atoms with E-state index in [4.69, 9.17) is 0 Å². The zero-order chi connectivity index (χ0) is 16.9. The van der Waals surface area contributed by atoms with Crippen LogP contribution in [0.15, 0.2) is 51.5 Å². The predicted octanol–water partition coefficient (Wildman–Crippen LogP) is 7.71. The third-order valence-electron chi connectivity index (χ3n) is 4.08. The van der Waals surface area contributed by atoms with Crippen molar-refractivity contribution in [2.75, 3.05) is 0 Å². The molecule has 1 atom stereocenters. The van der Waals surface area contributed by atoms with Gasteiger partial charge in [0.2, 0.25) is 0 Å². The maximum absolute atomic E-state index is 3.51. The molecule has 2 radical (unpaired) electrons. The predicted molar refractivity (Wildman–Crippen MR) is 125 cm³/mol. The summed E-state index contributed by atoms with van der Waals surface area (Å²) in [5, 5.41) is 2.63. The Bertz CT molecular complexity index is 720. The molecular formula is C21H29BrCl2SiZr-4. The Balaban J connectivity index is -0.000000151. The maximum atomic E-state index is 3.51. The van der Waals surface area contributed by atoms with E-state index in [1.807, 2.05) is 0 Å². The molecule has 146 valence electrons. The Kier molecular flexibility index (Phi) is 21.5. The first-order valence-corrected chi connectivity index (χ1v) is 12.2. The second-order valence-electron chi connectivity index (χ2n) is 5.57. The molecule has 0 N–H and O–H groups in total. The molecule has 0 amide bonds. The van der Waals surface area contributed by atoms with E-state index in [2.05, 4.69) is 93.8 Å². The molecule has 2 aromatic rings. The Morgan fingerprint density at radius 2 is 1.62 bits per heavy atom. The summed E-state index contributed by atoms with van der Waals surface area (Å²) >= 11 is 4.87. The quantitative estimate of drug-likeness (QED) is 0.232. The van der Waals surface area contributed by atoms with Crippen LogP contribution in [0.25, 0.3) is 10.8 Å². The van der Waals surface area contributed by atoms with Gasteiger partial charge in [-0.1, -0.05) is 55.6 Å². The summed E-state index contributed by atoms with van der Waals surface area (Å²) in [5.41, 5.74) is 5.57. The third-order valence-corrected chi connectivity index (χ3v) is 4.77. The zero-order valence-electron chi connectivity index (χ0n) is 16.7. The number of allylic oxidation sites excluding steroid dienone is 4. The van der Waals surface area contributed by atoms with E-state index < -0.39 is 0 Å². The number of fused-ring (bicyclic) bond motifs is 1. The molecule has 0 aromatic heterocycles. The summed E-state index contributed by atoms with van der Waals surface area (Å²) in [6, 6.07) is 10.7. The molecule has 1 unspecified atom stereocenters.